The van der Waals surface area contributed by atoms with E-state index >= 15 is 0 Å². The molecule has 0 saturated heterocycles. The first-order valence-electron chi connectivity index (χ1n) is 5.85. The molecule has 1 atom stereocenters. The Kier molecular flexibility index (Phi) is 4.02. The Balaban J connectivity index is 2.08. The zero-order valence-electron chi connectivity index (χ0n) is 10.4. The predicted octanol–water partition coefficient (Wildman–Crippen LogP) is 2.81. The van der Waals surface area contributed by atoms with Gasteiger partial charge in [0.1, 0.15) is 11.5 Å². The van der Waals surface area contributed by atoms with E-state index < -0.39 is 0 Å². The summed E-state index contributed by atoms with van der Waals surface area (Å²) < 4.78 is 0. The van der Waals surface area contributed by atoms with Crippen LogP contribution in [0, 0.1) is 0 Å². The number of carbonyl (C=O) groups is 1. The molecule has 0 aliphatic rings. The third-order valence-electron chi connectivity index (χ3n) is 2.72. The highest BCUT2D eigenvalue weighted by Crippen LogP contribution is 2.16. The van der Waals surface area contributed by atoms with Crippen LogP contribution in [0.15, 0.2) is 42.5 Å². The highest BCUT2D eigenvalue weighted by Gasteiger charge is 2.12. The Labute approximate surface area is 116 Å². The second kappa shape index (κ2) is 5.71. The van der Waals surface area contributed by atoms with Crippen LogP contribution in [-0.2, 0) is 0 Å². The van der Waals surface area contributed by atoms with Crippen LogP contribution in [0.4, 0.5) is 5.82 Å². The molecule has 1 aromatic carbocycles. The van der Waals surface area contributed by atoms with Crippen LogP contribution in [0.5, 0.6) is 0 Å². The van der Waals surface area contributed by atoms with Crippen molar-refractivity contribution in [1.29, 1.82) is 0 Å². The van der Waals surface area contributed by atoms with E-state index in [1.165, 1.54) is 0 Å². The predicted molar refractivity (Wildman–Crippen MR) is 76.0 cm³/mol. The number of rotatable bonds is 3. The molecule has 4 nitrogen and oxygen atoms in total. The Bertz CT molecular complexity index is 583. The van der Waals surface area contributed by atoms with Crippen molar-refractivity contribution in [2.75, 3.05) is 5.73 Å². The van der Waals surface area contributed by atoms with Crippen molar-refractivity contribution >= 4 is 23.3 Å². The lowest BCUT2D eigenvalue weighted by Gasteiger charge is -2.14. The maximum absolute atomic E-state index is 12.0. The van der Waals surface area contributed by atoms with Gasteiger partial charge in [-0.15, -0.1) is 0 Å². The van der Waals surface area contributed by atoms with Gasteiger partial charge in [-0.1, -0.05) is 29.8 Å². The summed E-state index contributed by atoms with van der Waals surface area (Å²) in [6.07, 6.45) is 0. The molecule has 0 aliphatic heterocycles. The number of anilines is 1. The van der Waals surface area contributed by atoms with E-state index in [9.17, 15) is 4.79 Å². The van der Waals surface area contributed by atoms with E-state index in [4.69, 9.17) is 17.3 Å². The number of amides is 1. The second-order valence-electron chi connectivity index (χ2n) is 4.19. The van der Waals surface area contributed by atoms with Crippen molar-refractivity contribution in [3.63, 3.8) is 0 Å². The lowest BCUT2D eigenvalue weighted by atomic mass is 10.1. The molecule has 19 heavy (non-hydrogen) atoms. The smallest absolute Gasteiger partial charge is 0.270 e. The fourth-order valence-corrected chi connectivity index (χ4v) is 1.81. The van der Waals surface area contributed by atoms with Gasteiger partial charge in [0.05, 0.1) is 6.04 Å². The van der Waals surface area contributed by atoms with E-state index in [1.54, 1.807) is 30.3 Å². The average molecular weight is 276 g/mol. The van der Waals surface area contributed by atoms with Gasteiger partial charge >= 0.3 is 0 Å². The second-order valence-corrected chi connectivity index (χ2v) is 4.63. The summed E-state index contributed by atoms with van der Waals surface area (Å²) in [6, 6.07) is 12.2. The van der Waals surface area contributed by atoms with E-state index in [-0.39, 0.29) is 11.9 Å². The van der Waals surface area contributed by atoms with Crippen molar-refractivity contribution in [3.8, 4) is 0 Å². The van der Waals surface area contributed by atoms with Crippen LogP contribution in [0.25, 0.3) is 0 Å². The first-order chi connectivity index (χ1) is 9.06. The molecule has 3 N–H and O–H groups in total. The number of nitrogen functional groups attached to an aromatic ring is 1. The van der Waals surface area contributed by atoms with Gasteiger partial charge < -0.3 is 11.1 Å². The minimum absolute atomic E-state index is 0.131. The molecule has 5 heteroatoms. The zero-order chi connectivity index (χ0) is 13.8. The fourth-order valence-electron chi connectivity index (χ4n) is 1.68. The maximum atomic E-state index is 12.0. The summed E-state index contributed by atoms with van der Waals surface area (Å²) in [5, 5.41) is 3.53. The minimum Gasteiger partial charge on any atom is -0.384 e. The summed E-state index contributed by atoms with van der Waals surface area (Å²) >= 11 is 5.82. The fraction of sp³-hybridized carbons (Fsp3) is 0.143. The Morgan fingerprint density at radius 1 is 1.26 bits per heavy atom. The summed E-state index contributed by atoms with van der Waals surface area (Å²) in [5.41, 5.74) is 6.83. The van der Waals surface area contributed by atoms with Gasteiger partial charge in [-0.05, 0) is 36.8 Å². The molecular weight excluding hydrogens is 262 g/mol. The quantitative estimate of drug-likeness (QED) is 0.905. The maximum Gasteiger partial charge on any atom is 0.270 e. The van der Waals surface area contributed by atoms with E-state index in [0.29, 0.717) is 16.5 Å². The van der Waals surface area contributed by atoms with Gasteiger partial charge in [0, 0.05) is 5.02 Å². The molecule has 1 aromatic heterocycles. The number of nitrogens with one attached hydrogen (secondary N) is 1. The number of pyridine rings is 1. The van der Waals surface area contributed by atoms with Crippen LogP contribution in [-0.4, -0.2) is 10.9 Å². The molecule has 2 rings (SSSR count). The molecule has 1 amide bonds. The van der Waals surface area contributed by atoms with Gasteiger partial charge in [0.2, 0.25) is 0 Å². The Morgan fingerprint density at radius 2 is 1.95 bits per heavy atom. The number of hydrogen-bond acceptors (Lipinski definition) is 3. The van der Waals surface area contributed by atoms with Gasteiger partial charge in [-0.25, -0.2) is 4.98 Å². The molecule has 0 radical (unpaired) electrons. The largest absolute Gasteiger partial charge is 0.384 e. The molecular formula is C14H14ClN3O. The lowest BCUT2D eigenvalue weighted by molar-refractivity contribution is 0.0935. The van der Waals surface area contributed by atoms with Crippen LogP contribution >= 0.6 is 11.6 Å². The topological polar surface area (TPSA) is 68.0 Å². The number of benzene rings is 1. The Hall–Kier alpha value is -2.07. The van der Waals surface area contributed by atoms with Crippen LogP contribution in [0.1, 0.15) is 29.0 Å². The SMILES string of the molecule is CC(NC(=O)c1cccc(N)n1)c1ccc(Cl)cc1. The van der Waals surface area contributed by atoms with Crippen LogP contribution in [0.3, 0.4) is 0 Å². The summed E-state index contributed by atoms with van der Waals surface area (Å²) in [5.74, 6) is 0.0709. The molecule has 0 fully saturated rings. The molecule has 1 unspecified atom stereocenters. The highest BCUT2D eigenvalue weighted by molar-refractivity contribution is 6.30. The summed E-state index contributed by atoms with van der Waals surface area (Å²) in [7, 11) is 0. The normalized spacial score (nSPS) is 11.9. The molecule has 1 heterocycles. The van der Waals surface area contributed by atoms with E-state index in [1.807, 2.05) is 19.1 Å². The number of nitrogens with two attached hydrogens (primary N) is 1. The number of carbonyl (C=O) groups excluding carboxylic acids is 1. The summed E-state index contributed by atoms with van der Waals surface area (Å²) in [4.78, 5) is 16.0. The summed E-state index contributed by atoms with van der Waals surface area (Å²) in [6.45, 7) is 1.90. The molecule has 0 bridgehead atoms. The highest BCUT2D eigenvalue weighted by atomic mass is 35.5. The van der Waals surface area contributed by atoms with Crippen LogP contribution in [0.2, 0.25) is 5.02 Å². The first-order valence-corrected chi connectivity index (χ1v) is 6.23. The van der Waals surface area contributed by atoms with Gasteiger partial charge in [-0.3, -0.25) is 4.79 Å². The standard InChI is InChI=1S/C14H14ClN3O/c1-9(10-5-7-11(15)8-6-10)17-14(19)12-3-2-4-13(16)18-12/h2-9H,1H3,(H2,16,18)(H,17,19). The number of halogens is 1. The van der Waals surface area contributed by atoms with Crippen LogP contribution < -0.4 is 11.1 Å². The van der Waals surface area contributed by atoms with Crippen molar-refractivity contribution in [3.05, 3.63) is 58.7 Å². The molecule has 98 valence electrons. The minimum atomic E-state index is -0.255. The van der Waals surface area contributed by atoms with Crippen molar-refractivity contribution in [2.45, 2.75) is 13.0 Å². The number of aromatic nitrogens is 1. The third kappa shape index (κ3) is 3.45. The molecule has 0 aliphatic carbocycles. The molecule has 0 saturated carbocycles. The van der Waals surface area contributed by atoms with Gasteiger partial charge in [-0.2, -0.15) is 0 Å². The molecule has 2 aromatic rings. The van der Waals surface area contributed by atoms with E-state index in [2.05, 4.69) is 10.3 Å². The average Bonchev–Trinajstić information content (AvgIpc) is 2.39. The Morgan fingerprint density at radius 3 is 2.58 bits per heavy atom. The third-order valence-corrected chi connectivity index (χ3v) is 2.97. The van der Waals surface area contributed by atoms with Gasteiger partial charge in [0.25, 0.3) is 5.91 Å². The van der Waals surface area contributed by atoms with Gasteiger partial charge in [0.15, 0.2) is 0 Å². The van der Waals surface area contributed by atoms with Crippen molar-refractivity contribution < 1.29 is 4.79 Å². The first kappa shape index (κ1) is 13.4. The van der Waals surface area contributed by atoms with Crippen molar-refractivity contribution in [2.24, 2.45) is 0 Å². The zero-order valence-corrected chi connectivity index (χ0v) is 11.2. The molecule has 0 spiro atoms. The van der Waals surface area contributed by atoms with E-state index in [0.717, 1.165) is 5.56 Å². The monoisotopic (exact) mass is 275 g/mol. The number of nitrogens with zero attached hydrogens (tertiary/aromatic N) is 1. The van der Waals surface area contributed by atoms with Crippen molar-refractivity contribution in [1.82, 2.24) is 10.3 Å². The lowest BCUT2D eigenvalue weighted by Crippen LogP contribution is -2.27. The number of hydrogen-bond donors (Lipinski definition) is 2.